The number of ether oxygens (including phenoxy) is 2. The fourth-order valence-corrected chi connectivity index (χ4v) is 2.63. The largest absolute Gasteiger partial charge is 0.486 e. The molecule has 3 rings (SSSR count). The van der Waals surface area contributed by atoms with Crippen LogP contribution in [-0.4, -0.2) is 48.8 Å². The van der Waals surface area contributed by atoms with Crippen LogP contribution in [0, 0.1) is 0 Å². The maximum absolute atomic E-state index is 10.5. The number of hydrogen-bond donors (Lipinski definition) is 2. The van der Waals surface area contributed by atoms with Crippen molar-refractivity contribution in [3.8, 4) is 11.5 Å². The Morgan fingerprint density at radius 2 is 1.95 bits per heavy atom. The van der Waals surface area contributed by atoms with Crippen LogP contribution < -0.4 is 15.2 Å². The SMILES string of the molecule is [2H]C1([2H])Oc2ccc([C@@H](O)[C@H](N)CN3CCCC3)cc2OC1([2H])[2H]. The predicted molar refractivity (Wildman–Crippen MR) is 76.0 cm³/mol. The Kier molecular flexibility index (Phi) is 2.88. The first-order valence-electron chi connectivity index (χ1n) is 8.88. The summed E-state index contributed by atoms with van der Waals surface area (Å²) in [7, 11) is 0. The smallest absolute Gasteiger partial charge is 0.161 e. The van der Waals surface area contributed by atoms with E-state index < -0.39 is 25.3 Å². The number of likely N-dealkylation sites (tertiary alicyclic amines) is 1. The van der Waals surface area contributed by atoms with E-state index in [1.807, 2.05) is 0 Å². The van der Waals surface area contributed by atoms with Gasteiger partial charge in [0.05, 0.1) is 11.6 Å². The lowest BCUT2D eigenvalue weighted by atomic mass is 10.0. The van der Waals surface area contributed by atoms with Crippen molar-refractivity contribution in [2.45, 2.75) is 25.0 Å². The van der Waals surface area contributed by atoms with Gasteiger partial charge in [-0.25, -0.2) is 0 Å². The Morgan fingerprint density at radius 1 is 1.25 bits per heavy atom. The van der Waals surface area contributed by atoms with Crippen molar-refractivity contribution < 1.29 is 20.1 Å². The van der Waals surface area contributed by atoms with Gasteiger partial charge in [0.25, 0.3) is 0 Å². The molecule has 110 valence electrons. The van der Waals surface area contributed by atoms with Gasteiger partial charge >= 0.3 is 0 Å². The molecule has 1 aromatic rings. The molecule has 1 fully saturated rings. The van der Waals surface area contributed by atoms with Crippen LogP contribution in [0.25, 0.3) is 0 Å². The fourth-order valence-electron chi connectivity index (χ4n) is 2.63. The van der Waals surface area contributed by atoms with E-state index in [1.54, 1.807) is 6.07 Å². The molecule has 1 saturated heterocycles. The molecule has 2 atom stereocenters. The molecule has 0 unspecified atom stereocenters. The molecule has 0 bridgehead atoms. The Labute approximate surface area is 124 Å². The summed E-state index contributed by atoms with van der Waals surface area (Å²) in [5.74, 6) is 0.152. The highest BCUT2D eigenvalue weighted by molar-refractivity contribution is 5.44. The first-order chi connectivity index (χ1) is 11.2. The van der Waals surface area contributed by atoms with Crippen molar-refractivity contribution in [3.63, 3.8) is 0 Å². The van der Waals surface area contributed by atoms with Crippen LogP contribution in [0.1, 0.15) is 30.0 Å². The second kappa shape index (κ2) is 5.99. The number of fused-ring (bicyclic) bond motifs is 1. The fraction of sp³-hybridized carbons (Fsp3) is 0.600. The Hall–Kier alpha value is -1.30. The maximum Gasteiger partial charge on any atom is 0.161 e. The van der Waals surface area contributed by atoms with E-state index in [0.29, 0.717) is 12.1 Å². The van der Waals surface area contributed by atoms with E-state index in [2.05, 4.69) is 4.90 Å². The van der Waals surface area contributed by atoms with Gasteiger partial charge < -0.3 is 25.2 Å². The van der Waals surface area contributed by atoms with E-state index in [0.717, 1.165) is 25.9 Å². The standard InChI is InChI=1S/C15H22N2O3/c16-12(10-17-5-1-2-6-17)15(18)11-3-4-13-14(9-11)20-8-7-19-13/h3-4,9,12,15,18H,1-2,5-8,10,16H2/t12-,15-/m1/s1/i7D2,8D2. The van der Waals surface area contributed by atoms with Gasteiger partial charge in [-0.3, -0.25) is 0 Å². The van der Waals surface area contributed by atoms with Crippen molar-refractivity contribution in [1.29, 1.82) is 0 Å². The third-order valence-corrected chi connectivity index (χ3v) is 3.75. The summed E-state index contributed by atoms with van der Waals surface area (Å²) in [6.07, 6.45) is 1.36. The number of nitrogens with two attached hydrogens (primary N) is 1. The van der Waals surface area contributed by atoms with Crippen LogP contribution in [0.15, 0.2) is 18.2 Å². The molecule has 5 heteroatoms. The van der Waals surface area contributed by atoms with Crippen LogP contribution in [0.3, 0.4) is 0 Å². The van der Waals surface area contributed by atoms with Crippen LogP contribution in [-0.2, 0) is 0 Å². The van der Waals surface area contributed by atoms with Gasteiger partial charge in [0.2, 0.25) is 0 Å². The monoisotopic (exact) mass is 282 g/mol. The molecule has 0 amide bonds. The average molecular weight is 282 g/mol. The highest BCUT2D eigenvalue weighted by Crippen LogP contribution is 2.33. The van der Waals surface area contributed by atoms with E-state index in [1.165, 1.54) is 12.1 Å². The number of aliphatic hydroxyl groups is 1. The topological polar surface area (TPSA) is 68.0 Å². The van der Waals surface area contributed by atoms with E-state index >= 15 is 0 Å². The van der Waals surface area contributed by atoms with E-state index in [9.17, 15) is 5.11 Å². The normalized spacial score (nSPS) is 29.7. The van der Waals surface area contributed by atoms with E-state index in [4.69, 9.17) is 20.7 Å². The second-order valence-corrected chi connectivity index (χ2v) is 5.23. The molecule has 0 saturated carbocycles. The second-order valence-electron chi connectivity index (χ2n) is 5.23. The lowest BCUT2D eigenvalue weighted by Gasteiger charge is -2.26. The van der Waals surface area contributed by atoms with Crippen LogP contribution in [0.4, 0.5) is 0 Å². The van der Waals surface area contributed by atoms with Gasteiger partial charge in [-0.2, -0.15) is 0 Å². The van der Waals surface area contributed by atoms with Crippen molar-refractivity contribution >= 4 is 0 Å². The Balaban J connectivity index is 1.76. The summed E-state index contributed by atoms with van der Waals surface area (Å²) in [6.45, 7) is -2.67. The molecule has 2 aliphatic rings. The molecule has 20 heavy (non-hydrogen) atoms. The average Bonchev–Trinajstić information content (AvgIpc) is 2.99. The van der Waals surface area contributed by atoms with Crippen molar-refractivity contribution in [3.05, 3.63) is 23.8 Å². The highest BCUT2D eigenvalue weighted by Gasteiger charge is 2.23. The quantitative estimate of drug-likeness (QED) is 0.859. The third-order valence-electron chi connectivity index (χ3n) is 3.75. The van der Waals surface area contributed by atoms with Crippen molar-refractivity contribution in [2.24, 2.45) is 5.73 Å². The van der Waals surface area contributed by atoms with Crippen LogP contribution in [0.5, 0.6) is 11.5 Å². The lowest BCUT2D eigenvalue weighted by molar-refractivity contribution is 0.124. The molecule has 5 nitrogen and oxygen atoms in total. The number of nitrogens with zero attached hydrogens (tertiary/aromatic N) is 1. The van der Waals surface area contributed by atoms with Gasteiger partial charge in [-0.05, 0) is 43.6 Å². The first-order valence-corrected chi connectivity index (χ1v) is 6.88. The summed E-state index contributed by atoms with van der Waals surface area (Å²) in [6, 6.07) is 4.03. The summed E-state index contributed by atoms with van der Waals surface area (Å²) in [4.78, 5) is 2.21. The summed E-state index contributed by atoms with van der Waals surface area (Å²) >= 11 is 0. The number of benzene rings is 1. The Morgan fingerprint density at radius 3 is 2.70 bits per heavy atom. The molecule has 0 spiro atoms. The van der Waals surface area contributed by atoms with Crippen LogP contribution >= 0.6 is 0 Å². The molecule has 2 aliphatic heterocycles. The predicted octanol–water partition coefficient (Wildman–Crippen LogP) is 0.914. The summed E-state index contributed by atoms with van der Waals surface area (Å²) < 4.78 is 40.5. The lowest BCUT2D eigenvalue weighted by Crippen LogP contribution is -2.40. The number of aliphatic hydroxyl groups excluding tert-OH is 1. The number of rotatable bonds is 4. The van der Waals surface area contributed by atoms with Gasteiger partial charge in [-0.15, -0.1) is 0 Å². The van der Waals surface area contributed by atoms with Gasteiger partial charge in [0.15, 0.2) is 11.5 Å². The number of hydrogen-bond acceptors (Lipinski definition) is 5. The Bertz CT molecular complexity index is 608. The minimum absolute atomic E-state index is 0.0556. The zero-order valence-electron chi connectivity index (χ0n) is 15.2. The molecule has 3 N–H and O–H groups in total. The zero-order valence-corrected chi connectivity index (χ0v) is 11.2. The first kappa shape index (κ1) is 9.60. The zero-order chi connectivity index (χ0) is 17.5. The van der Waals surface area contributed by atoms with Crippen LogP contribution in [0.2, 0.25) is 0 Å². The minimum atomic E-state index is -2.62. The summed E-state index contributed by atoms with van der Waals surface area (Å²) in [5.41, 5.74) is 6.59. The maximum atomic E-state index is 10.5. The van der Waals surface area contributed by atoms with Gasteiger partial charge in [0, 0.05) is 12.6 Å². The molecular formula is C15H22N2O3. The summed E-state index contributed by atoms with van der Waals surface area (Å²) in [5, 5.41) is 10.5. The third kappa shape index (κ3) is 2.90. The van der Waals surface area contributed by atoms with Gasteiger partial charge in [0.1, 0.15) is 13.1 Å². The van der Waals surface area contributed by atoms with Crippen molar-refractivity contribution in [2.75, 3.05) is 32.8 Å². The molecule has 1 aromatic carbocycles. The van der Waals surface area contributed by atoms with Crippen molar-refractivity contribution in [1.82, 2.24) is 4.90 Å². The molecule has 0 aliphatic carbocycles. The molecule has 2 heterocycles. The highest BCUT2D eigenvalue weighted by atomic mass is 16.6. The molecule has 0 aromatic heterocycles. The molecule has 0 radical (unpaired) electrons. The van der Waals surface area contributed by atoms with Gasteiger partial charge in [-0.1, -0.05) is 6.07 Å². The van der Waals surface area contributed by atoms with E-state index in [-0.39, 0.29) is 11.5 Å². The minimum Gasteiger partial charge on any atom is -0.486 e. The molecular weight excluding hydrogens is 256 g/mol.